The number of anilines is 2. The van der Waals surface area contributed by atoms with E-state index in [1.54, 1.807) is 41.5 Å². The SMILES string of the molecule is Cc1nc2c3cc(C4CCN(C(=O)CNc5cccc6c5CN(C5CCC(=O)NC5=O)C6=O)CC4)c(=O)n(c3n1)CCCCCCCN1CC(C1)CC(F)(F)c1cccc(c1F)[C@@H](C)N2. The van der Waals surface area contributed by atoms with Gasteiger partial charge in [-0.2, -0.15) is 0 Å². The molecule has 3 fully saturated rings. The lowest BCUT2D eigenvalue weighted by Gasteiger charge is -2.41. The minimum absolute atomic E-state index is 0.0275. The highest BCUT2D eigenvalue weighted by Crippen LogP contribution is 2.41. The second-order valence-corrected chi connectivity index (χ2v) is 18.5. The van der Waals surface area contributed by atoms with Crippen LogP contribution in [0.2, 0.25) is 0 Å². The molecule has 10 rings (SSSR count). The number of aryl methyl sites for hydroxylation is 2. The average Bonchev–Trinajstić information content (AvgIpc) is 3.60. The number of carbonyl (C=O) groups excluding carboxylic acids is 4. The number of aromatic nitrogens is 3. The number of benzene rings is 2. The number of nitrogens with zero attached hydrogens (tertiary/aromatic N) is 6. The van der Waals surface area contributed by atoms with Crippen molar-refractivity contribution in [2.75, 3.05) is 49.9 Å². The van der Waals surface area contributed by atoms with E-state index >= 15 is 13.2 Å². The van der Waals surface area contributed by atoms with Crippen LogP contribution in [0.4, 0.5) is 24.7 Å². The number of hydrogen-bond acceptors (Lipinski definition) is 10. The molecule has 14 nitrogen and oxygen atoms in total. The molecule has 8 bridgehead atoms. The Hall–Kier alpha value is -5.84. The van der Waals surface area contributed by atoms with E-state index in [0.717, 1.165) is 38.6 Å². The molecule has 0 radical (unpaired) electrons. The number of likely N-dealkylation sites (tertiary alicyclic amines) is 1. The summed E-state index contributed by atoms with van der Waals surface area (Å²) in [6.07, 6.45) is 5.63. The van der Waals surface area contributed by atoms with Crippen LogP contribution in [0, 0.1) is 18.7 Å². The van der Waals surface area contributed by atoms with E-state index in [1.165, 1.54) is 23.1 Å². The molecule has 8 heterocycles. The Morgan fingerprint density at radius 2 is 1.65 bits per heavy atom. The highest BCUT2D eigenvalue weighted by Gasteiger charge is 2.42. The summed E-state index contributed by atoms with van der Waals surface area (Å²) in [7, 11) is 0. The Morgan fingerprint density at radius 3 is 2.42 bits per heavy atom. The molecule has 2 aromatic carbocycles. The van der Waals surface area contributed by atoms with Crippen molar-refractivity contribution in [3.05, 3.63) is 92.3 Å². The maximum Gasteiger partial charge on any atom is 0.276 e. The first-order valence-corrected chi connectivity index (χ1v) is 23.1. The number of alkyl halides is 2. The molecule has 6 aliphatic heterocycles. The first-order chi connectivity index (χ1) is 31.3. The van der Waals surface area contributed by atoms with Gasteiger partial charge in [-0.05, 0) is 82.5 Å². The van der Waals surface area contributed by atoms with Gasteiger partial charge < -0.3 is 25.3 Å². The number of fused-ring (bicyclic) bond motifs is 9. The lowest BCUT2D eigenvalue weighted by atomic mass is 9.88. The predicted molar refractivity (Wildman–Crippen MR) is 238 cm³/mol. The van der Waals surface area contributed by atoms with Crippen LogP contribution in [0.15, 0.2) is 47.3 Å². The largest absolute Gasteiger partial charge is 0.376 e. The van der Waals surface area contributed by atoms with Crippen LogP contribution in [-0.2, 0) is 33.4 Å². The Labute approximate surface area is 375 Å². The van der Waals surface area contributed by atoms with E-state index in [4.69, 9.17) is 9.97 Å². The standard InChI is InChI=1S/C48H56F3N9O5/c1-28-32-10-8-12-37(42(32)49)48(50,51)23-30-25-57(26-30)18-6-4-3-5-7-19-59-44-35(43(53-28)54-29(2)55-44)22-34(47(59)65)31-16-20-58(21-17-31)41(62)24-52-38-13-9-11-33-36(38)27-60(46(33)64)39-14-15-40(61)56-45(39)63/h8-13,22,28,30-31,39,52H,3-7,14-21,23-27H2,1-2H3,(H,53,54,55)(H,56,61,63)/t28-,39?/m1/s1. The van der Waals surface area contributed by atoms with Crippen molar-refractivity contribution in [2.45, 2.75) is 115 Å². The topological polar surface area (TPSA) is 162 Å². The van der Waals surface area contributed by atoms with Gasteiger partial charge in [-0.3, -0.25) is 33.9 Å². The average molecular weight is 896 g/mol. The van der Waals surface area contributed by atoms with E-state index in [9.17, 15) is 24.0 Å². The number of carbonyl (C=O) groups is 4. The zero-order chi connectivity index (χ0) is 45.6. The van der Waals surface area contributed by atoms with Crippen LogP contribution in [0.3, 0.4) is 0 Å². The number of rotatable bonds is 5. The third-order valence-corrected chi connectivity index (χ3v) is 14.1. The fourth-order valence-corrected chi connectivity index (χ4v) is 10.5. The van der Waals surface area contributed by atoms with Gasteiger partial charge in [-0.15, -0.1) is 0 Å². The monoisotopic (exact) mass is 895 g/mol. The lowest BCUT2D eigenvalue weighted by Crippen LogP contribution is -2.52. The molecule has 4 aromatic rings. The first kappa shape index (κ1) is 44.4. The van der Waals surface area contributed by atoms with Crippen molar-refractivity contribution >= 4 is 46.2 Å². The zero-order valence-corrected chi connectivity index (χ0v) is 36.9. The van der Waals surface area contributed by atoms with Gasteiger partial charge in [0.15, 0.2) is 0 Å². The second-order valence-electron chi connectivity index (χ2n) is 18.5. The van der Waals surface area contributed by atoms with Crippen LogP contribution in [-0.4, -0.2) is 98.2 Å². The maximum absolute atomic E-state index is 16.2. The van der Waals surface area contributed by atoms with Crippen molar-refractivity contribution in [1.29, 1.82) is 0 Å². The summed E-state index contributed by atoms with van der Waals surface area (Å²) in [4.78, 5) is 80.8. The molecule has 17 heteroatoms. The van der Waals surface area contributed by atoms with Crippen LogP contribution in [0.25, 0.3) is 11.0 Å². The second kappa shape index (κ2) is 18.2. The summed E-state index contributed by atoms with van der Waals surface area (Å²) in [5.74, 6) is -5.16. The normalized spacial score (nSPS) is 24.2. The summed E-state index contributed by atoms with van der Waals surface area (Å²) in [6.45, 7) is 6.84. The highest BCUT2D eigenvalue weighted by molar-refractivity contribution is 6.06. The van der Waals surface area contributed by atoms with Crippen LogP contribution in [0.1, 0.15) is 122 Å². The van der Waals surface area contributed by atoms with Gasteiger partial charge in [-0.1, -0.05) is 43.5 Å². The third-order valence-electron chi connectivity index (χ3n) is 14.1. The number of pyridine rings is 1. The molecular formula is C48H56F3N9O5. The van der Waals surface area contributed by atoms with Crippen molar-refractivity contribution in [1.82, 2.24) is 34.6 Å². The van der Waals surface area contributed by atoms with Gasteiger partial charge >= 0.3 is 0 Å². The Balaban J connectivity index is 0.932. The molecule has 2 atom stereocenters. The van der Waals surface area contributed by atoms with E-state index in [0.29, 0.717) is 90.6 Å². The van der Waals surface area contributed by atoms with E-state index < -0.39 is 41.7 Å². The van der Waals surface area contributed by atoms with Crippen LogP contribution >= 0.6 is 0 Å². The molecule has 1 unspecified atom stereocenters. The van der Waals surface area contributed by atoms with Crippen molar-refractivity contribution in [3.8, 4) is 0 Å². The van der Waals surface area contributed by atoms with Gasteiger partial charge in [-0.25, -0.2) is 23.1 Å². The fraction of sp³-hybridized carbons (Fsp3) is 0.521. The van der Waals surface area contributed by atoms with Crippen LogP contribution in [0.5, 0.6) is 0 Å². The Bertz CT molecular complexity index is 2590. The van der Waals surface area contributed by atoms with Gasteiger partial charge in [0.2, 0.25) is 17.7 Å². The number of piperidine rings is 2. The molecule has 3 N–H and O–H groups in total. The molecule has 3 saturated heterocycles. The smallest absolute Gasteiger partial charge is 0.276 e. The molecule has 0 saturated carbocycles. The fourth-order valence-electron chi connectivity index (χ4n) is 10.5. The number of hydrogen-bond donors (Lipinski definition) is 3. The van der Waals surface area contributed by atoms with Crippen molar-refractivity contribution < 1.29 is 32.3 Å². The lowest BCUT2D eigenvalue weighted by molar-refractivity contribution is -0.137. The third kappa shape index (κ3) is 8.95. The molecule has 6 aliphatic rings. The summed E-state index contributed by atoms with van der Waals surface area (Å²) in [6, 6.07) is 9.70. The number of halogens is 3. The minimum Gasteiger partial charge on any atom is -0.376 e. The molecular weight excluding hydrogens is 840 g/mol. The van der Waals surface area contributed by atoms with Crippen molar-refractivity contribution in [2.24, 2.45) is 5.92 Å². The van der Waals surface area contributed by atoms with Crippen molar-refractivity contribution in [3.63, 3.8) is 0 Å². The molecule has 344 valence electrons. The van der Waals surface area contributed by atoms with Gasteiger partial charge in [0.1, 0.15) is 29.1 Å². The van der Waals surface area contributed by atoms with E-state index in [-0.39, 0.29) is 66.6 Å². The van der Waals surface area contributed by atoms with Crippen LogP contribution < -0.4 is 21.5 Å². The number of imide groups is 1. The van der Waals surface area contributed by atoms with E-state index in [2.05, 4.69) is 20.9 Å². The summed E-state index contributed by atoms with van der Waals surface area (Å²) in [5.41, 5.74) is 2.13. The first-order valence-electron chi connectivity index (χ1n) is 23.1. The molecule has 2 aromatic heterocycles. The molecule has 0 aliphatic carbocycles. The molecule has 65 heavy (non-hydrogen) atoms. The van der Waals surface area contributed by atoms with E-state index in [1.807, 2.05) is 6.07 Å². The summed E-state index contributed by atoms with van der Waals surface area (Å²) >= 11 is 0. The Morgan fingerprint density at radius 1 is 0.908 bits per heavy atom. The summed E-state index contributed by atoms with van der Waals surface area (Å²) in [5, 5.41) is 9.43. The minimum atomic E-state index is -3.33. The predicted octanol–water partition coefficient (Wildman–Crippen LogP) is 6.37. The van der Waals surface area contributed by atoms with Gasteiger partial charge in [0.25, 0.3) is 17.4 Å². The Kier molecular flexibility index (Phi) is 12.4. The molecule has 4 amide bonds. The van der Waals surface area contributed by atoms with Gasteiger partial charge in [0.05, 0.1) is 23.5 Å². The zero-order valence-electron chi connectivity index (χ0n) is 36.9. The van der Waals surface area contributed by atoms with Gasteiger partial charge in [0, 0.05) is 80.1 Å². The summed E-state index contributed by atoms with van der Waals surface area (Å²) < 4.78 is 49.4. The number of nitrogens with one attached hydrogen (secondary N) is 3. The molecule has 0 spiro atoms. The highest BCUT2D eigenvalue weighted by atomic mass is 19.3. The maximum atomic E-state index is 16.2. The quantitative estimate of drug-likeness (QED) is 0.192. The number of amides is 4.